The second-order valence-electron chi connectivity index (χ2n) is 7.48. The van der Waals surface area contributed by atoms with E-state index in [2.05, 4.69) is 31.8 Å². The molecule has 2 unspecified atom stereocenters. The predicted octanol–water partition coefficient (Wildman–Crippen LogP) is 4.16. The Balaban J connectivity index is 1.97. The molecule has 2 aromatic heterocycles. The molecule has 0 saturated heterocycles. The van der Waals surface area contributed by atoms with E-state index in [1.165, 1.54) is 17.7 Å². The third-order valence-corrected chi connectivity index (χ3v) is 4.96. The summed E-state index contributed by atoms with van der Waals surface area (Å²) in [5, 5.41) is 9.99. The van der Waals surface area contributed by atoms with E-state index in [9.17, 15) is 5.11 Å². The van der Waals surface area contributed by atoms with Gasteiger partial charge in [-0.05, 0) is 54.7 Å². The molecule has 3 rings (SSSR count). The summed E-state index contributed by atoms with van der Waals surface area (Å²) in [6.07, 6.45) is 3.72. The number of aromatic amines is 1. The Morgan fingerprint density at radius 1 is 1.38 bits per heavy atom. The Bertz CT molecular complexity index is 651. The van der Waals surface area contributed by atoms with Crippen molar-refractivity contribution < 1.29 is 5.11 Å². The number of hydrogen-bond donors (Lipinski definition) is 2. The van der Waals surface area contributed by atoms with Gasteiger partial charge in [0.05, 0.1) is 17.1 Å². The van der Waals surface area contributed by atoms with Crippen molar-refractivity contribution in [3.63, 3.8) is 0 Å². The standard InChI is InChI=1S/C18H26N2O/c1-5-17(21)16-10-15-14(20-16)9-11-8-12(18(2,3)4)6-7-13(11)19-15/h9-10,12,17,20-21H,5-8H2,1-4H3. The van der Waals surface area contributed by atoms with Crippen molar-refractivity contribution in [1.82, 2.24) is 9.97 Å². The number of aliphatic hydroxyl groups excluding tert-OH is 1. The number of hydrogen-bond acceptors (Lipinski definition) is 2. The number of nitrogens with one attached hydrogen (secondary N) is 1. The van der Waals surface area contributed by atoms with E-state index in [-0.39, 0.29) is 0 Å². The van der Waals surface area contributed by atoms with Crippen LogP contribution in [-0.2, 0) is 12.8 Å². The minimum atomic E-state index is -0.418. The van der Waals surface area contributed by atoms with Crippen molar-refractivity contribution in [2.45, 2.75) is 59.5 Å². The summed E-state index contributed by atoms with van der Waals surface area (Å²) < 4.78 is 0. The van der Waals surface area contributed by atoms with Crippen molar-refractivity contribution in [2.75, 3.05) is 0 Å². The first kappa shape index (κ1) is 14.6. The van der Waals surface area contributed by atoms with Crippen LogP contribution in [0.25, 0.3) is 11.0 Å². The van der Waals surface area contributed by atoms with Crippen molar-refractivity contribution in [2.24, 2.45) is 11.3 Å². The second kappa shape index (κ2) is 5.13. The summed E-state index contributed by atoms with van der Waals surface area (Å²) in [5.74, 6) is 0.722. The van der Waals surface area contributed by atoms with Gasteiger partial charge in [0.15, 0.2) is 0 Å². The van der Waals surface area contributed by atoms with E-state index in [1.54, 1.807) is 0 Å². The van der Waals surface area contributed by atoms with Crippen LogP contribution in [0.1, 0.15) is 63.6 Å². The minimum Gasteiger partial charge on any atom is -0.387 e. The number of aromatic nitrogens is 2. The molecule has 0 aliphatic heterocycles. The molecule has 2 N–H and O–H groups in total. The average molecular weight is 286 g/mol. The van der Waals surface area contributed by atoms with Crippen LogP contribution in [0, 0.1) is 11.3 Å². The van der Waals surface area contributed by atoms with E-state index in [4.69, 9.17) is 4.98 Å². The molecule has 2 aromatic rings. The maximum Gasteiger partial charge on any atom is 0.0936 e. The van der Waals surface area contributed by atoms with Gasteiger partial charge < -0.3 is 10.1 Å². The van der Waals surface area contributed by atoms with E-state index in [1.807, 2.05) is 13.0 Å². The predicted molar refractivity (Wildman–Crippen MR) is 86.3 cm³/mol. The fourth-order valence-corrected chi connectivity index (χ4v) is 3.37. The zero-order valence-corrected chi connectivity index (χ0v) is 13.5. The first-order chi connectivity index (χ1) is 9.88. The molecular weight excluding hydrogens is 260 g/mol. The van der Waals surface area contributed by atoms with Crippen LogP contribution in [0.15, 0.2) is 12.1 Å². The zero-order valence-electron chi connectivity index (χ0n) is 13.5. The lowest BCUT2D eigenvalue weighted by Crippen LogP contribution is -2.27. The molecule has 0 aromatic carbocycles. The Hall–Kier alpha value is -1.35. The van der Waals surface area contributed by atoms with Gasteiger partial charge in [0, 0.05) is 11.4 Å². The Kier molecular flexibility index (Phi) is 3.56. The SMILES string of the molecule is CCC(O)c1cc2nc3c(cc2[nH]1)CC(C(C)(C)C)CC3. The molecule has 0 radical (unpaired) electrons. The number of H-pyrrole nitrogens is 1. The van der Waals surface area contributed by atoms with Gasteiger partial charge >= 0.3 is 0 Å². The number of fused-ring (bicyclic) bond motifs is 2. The number of aryl methyl sites for hydroxylation is 1. The van der Waals surface area contributed by atoms with Crippen LogP contribution in [0.4, 0.5) is 0 Å². The lowest BCUT2D eigenvalue weighted by Gasteiger charge is -2.34. The number of rotatable bonds is 2. The fourth-order valence-electron chi connectivity index (χ4n) is 3.37. The quantitative estimate of drug-likeness (QED) is 0.871. The highest BCUT2D eigenvalue weighted by atomic mass is 16.3. The summed E-state index contributed by atoms with van der Waals surface area (Å²) in [7, 11) is 0. The van der Waals surface area contributed by atoms with E-state index in [0.717, 1.165) is 41.9 Å². The molecule has 0 spiro atoms. The smallest absolute Gasteiger partial charge is 0.0936 e. The molecule has 114 valence electrons. The van der Waals surface area contributed by atoms with Gasteiger partial charge in [0.1, 0.15) is 0 Å². The van der Waals surface area contributed by atoms with Crippen LogP contribution in [0.2, 0.25) is 0 Å². The molecule has 1 aliphatic rings. The van der Waals surface area contributed by atoms with E-state index >= 15 is 0 Å². The molecule has 2 heterocycles. The first-order valence-corrected chi connectivity index (χ1v) is 8.08. The van der Waals surface area contributed by atoms with E-state index in [0.29, 0.717) is 5.41 Å². The van der Waals surface area contributed by atoms with Crippen molar-refractivity contribution in [3.05, 3.63) is 29.1 Å². The Morgan fingerprint density at radius 2 is 2.14 bits per heavy atom. The molecule has 3 heteroatoms. The summed E-state index contributed by atoms with van der Waals surface area (Å²) in [6.45, 7) is 8.99. The van der Waals surface area contributed by atoms with Gasteiger partial charge in [-0.3, -0.25) is 4.98 Å². The van der Waals surface area contributed by atoms with Crippen LogP contribution >= 0.6 is 0 Å². The van der Waals surface area contributed by atoms with Crippen LogP contribution in [0.3, 0.4) is 0 Å². The summed E-state index contributed by atoms with van der Waals surface area (Å²) in [5.41, 5.74) is 5.92. The van der Waals surface area contributed by atoms with Gasteiger partial charge in [-0.15, -0.1) is 0 Å². The molecule has 2 atom stereocenters. The number of aliphatic hydroxyl groups is 1. The third-order valence-electron chi connectivity index (χ3n) is 4.96. The van der Waals surface area contributed by atoms with Gasteiger partial charge in [-0.2, -0.15) is 0 Å². The largest absolute Gasteiger partial charge is 0.387 e. The first-order valence-electron chi connectivity index (χ1n) is 8.08. The average Bonchev–Trinajstić information content (AvgIpc) is 2.84. The van der Waals surface area contributed by atoms with Crippen LogP contribution in [0.5, 0.6) is 0 Å². The highest BCUT2D eigenvalue weighted by Crippen LogP contribution is 2.37. The highest BCUT2D eigenvalue weighted by molar-refractivity contribution is 5.77. The van der Waals surface area contributed by atoms with Crippen molar-refractivity contribution in [3.8, 4) is 0 Å². The maximum absolute atomic E-state index is 9.99. The Morgan fingerprint density at radius 3 is 2.81 bits per heavy atom. The third kappa shape index (κ3) is 2.71. The molecule has 0 amide bonds. The second-order valence-corrected chi connectivity index (χ2v) is 7.48. The molecule has 1 aliphatic carbocycles. The minimum absolute atomic E-state index is 0.353. The van der Waals surface area contributed by atoms with Gasteiger partial charge in [-0.1, -0.05) is 27.7 Å². The molecule has 0 saturated carbocycles. The van der Waals surface area contributed by atoms with Crippen molar-refractivity contribution >= 4 is 11.0 Å². The monoisotopic (exact) mass is 286 g/mol. The molecule has 3 nitrogen and oxygen atoms in total. The molecule has 0 fully saturated rings. The van der Waals surface area contributed by atoms with Crippen LogP contribution < -0.4 is 0 Å². The highest BCUT2D eigenvalue weighted by Gasteiger charge is 2.29. The number of nitrogens with zero attached hydrogens (tertiary/aromatic N) is 1. The van der Waals surface area contributed by atoms with Crippen molar-refractivity contribution in [1.29, 1.82) is 0 Å². The summed E-state index contributed by atoms with van der Waals surface area (Å²) >= 11 is 0. The normalized spacial score (nSPS) is 20.5. The lowest BCUT2D eigenvalue weighted by atomic mass is 9.71. The maximum atomic E-state index is 9.99. The van der Waals surface area contributed by atoms with Gasteiger partial charge in [-0.25, -0.2) is 0 Å². The topological polar surface area (TPSA) is 48.9 Å². The molecular formula is C18H26N2O. The lowest BCUT2D eigenvalue weighted by molar-refractivity contribution is 0.170. The number of pyridine rings is 1. The summed E-state index contributed by atoms with van der Waals surface area (Å²) in [6, 6.07) is 4.25. The molecule has 21 heavy (non-hydrogen) atoms. The van der Waals surface area contributed by atoms with Crippen LogP contribution in [-0.4, -0.2) is 15.1 Å². The Labute approximate surface area is 126 Å². The fraction of sp³-hybridized carbons (Fsp3) is 0.611. The van der Waals surface area contributed by atoms with Gasteiger partial charge in [0.25, 0.3) is 0 Å². The molecule has 0 bridgehead atoms. The van der Waals surface area contributed by atoms with E-state index < -0.39 is 6.10 Å². The van der Waals surface area contributed by atoms with Gasteiger partial charge in [0.2, 0.25) is 0 Å². The summed E-state index contributed by atoms with van der Waals surface area (Å²) in [4.78, 5) is 8.16. The zero-order chi connectivity index (χ0) is 15.2.